The first kappa shape index (κ1) is 17.9. The van der Waals surface area contributed by atoms with Crippen molar-refractivity contribution < 1.29 is 20.1 Å². The molecule has 0 saturated heterocycles. The minimum absolute atomic E-state index is 0.0222. The maximum atomic E-state index is 11.2. The first-order valence-corrected chi connectivity index (χ1v) is 7.73. The number of primary amides is 1. The van der Waals surface area contributed by atoms with Crippen LogP contribution in [0.2, 0.25) is 0 Å². The van der Waals surface area contributed by atoms with Gasteiger partial charge in [-0.25, -0.2) is 0 Å². The molecular weight excluding hydrogens is 308 g/mol. The molecule has 0 heterocycles. The Labute approximate surface area is 140 Å². The molecule has 1 amide bonds. The Balaban J connectivity index is 1.82. The molecule has 0 aliphatic carbocycles. The van der Waals surface area contributed by atoms with Gasteiger partial charge >= 0.3 is 0 Å². The van der Waals surface area contributed by atoms with Crippen LogP contribution >= 0.6 is 0 Å². The highest BCUT2D eigenvalue weighted by molar-refractivity contribution is 5.95. The fraction of sp³-hybridized carbons (Fsp3) is 0.278. The van der Waals surface area contributed by atoms with Crippen LogP contribution < -0.4 is 11.1 Å². The van der Waals surface area contributed by atoms with E-state index in [-0.39, 0.29) is 17.9 Å². The van der Waals surface area contributed by atoms with Gasteiger partial charge in [-0.15, -0.1) is 0 Å². The number of aromatic hydroxyl groups is 1. The zero-order chi connectivity index (χ0) is 17.5. The lowest BCUT2D eigenvalue weighted by molar-refractivity contribution is 0.0997. The minimum Gasteiger partial charge on any atom is -0.507 e. The second kappa shape index (κ2) is 8.44. The number of rotatable bonds is 8. The van der Waals surface area contributed by atoms with Crippen molar-refractivity contribution in [3.8, 4) is 5.75 Å². The van der Waals surface area contributed by atoms with E-state index in [0.29, 0.717) is 18.5 Å². The number of carbonyl (C=O) groups excluding carboxylic acids is 1. The fourth-order valence-corrected chi connectivity index (χ4v) is 2.40. The highest BCUT2D eigenvalue weighted by Gasteiger charge is 2.13. The Kier molecular flexibility index (Phi) is 6.31. The van der Waals surface area contributed by atoms with Gasteiger partial charge in [0.1, 0.15) is 5.75 Å². The fourth-order valence-electron chi connectivity index (χ4n) is 2.40. The number of benzene rings is 2. The standard InChI is InChI=1S/C18H22N2O4/c19-18(24)14-10-13(6-7-16(14)22)17(23)11-20-9-8-15(21)12-4-2-1-3-5-12/h1-7,10,15,17,20-23H,8-9,11H2,(H2,19,24)/t15-,17+/m0/s1. The van der Waals surface area contributed by atoms with Crippen LogP contribution in [-0.2, 0) is 0 Å². The Bertz CT molecular complexity index is 676. The third kappa shape index (κ3) is 4.79. The summed E-state index contributed by atoms with van der Waals surface area (Å²) in [5.74, 6) is -0.960. The van der Waals surface area contributed by atoms with Gasteiger partial charge in [-0.1, -0.05) is 36.4 Å². The summed E-state index contributed by atoms with van der Waals surface area (Å²) in [4.78, 5) is 11.2. The van der Waals surface area contributed by atoms with Crippen LogP contribution in [0.5, 0.6) is 5.75 Å². The molecule has 0 saturated carbocycles. The summed E-state index contributed by atoms with van der Waals surface area (Å²) in [5, 5.41) is 32.8. The highest BCUT2D eigenvalue weighted by Crippen LogP contribution is 2.22. The smallest absolute Gasteiger partial charge is 0.252 e. The molecule has 0 spiro atoms. The monoisotopic (exact) mass is 330 g/mol. The van der Waals surface area contributed by atoms with Gasteiger partial charge < -0.3 is 26.4 Å². The number of phenols is 1. The molecule has 0 radical (unpaired) electrons. The lowest BCUT2D eigenvalue weighted by atomic mass is 10.0. The number of carbonyl (C=O) groups is 1. The molecule has 24 heavy (non-hydrogen) atoms. The van der Waals surface area contributed by atoms with Crippen molar-refractivity contribution >= 4 is 5.91 Å². The highest BCUT2D eigenvalue weighted by atomic mass is 16.3. The molecule has 128 valence electrons. The normalized spacial score (nSPS) is 13.4. The van der Waals surface area contributed by atoms with Crippen LogP contribution in [0, 0.1) is 0 Å². The van der Waals surface area contributed by atoms with Crippen molar-refractivity contribution in [2.45, 2.75) is 18.6 Å². The predicted octanol–water partition coefficient (Wildman–Crippen LogP) is 1.24. The zero-order valence-corrected chi connectivity index (χ0v) is 13.2. The Morgan fingerprint density at radius 3 is 2.42 bits per heavy atom. The molecule has 0 unspecified atom stereocenters. The van der Waals surface area contributed by atoms with Crippen LogP contribution in [0.4, 0.5) is 0 Å². The summed E-state index contributed by atoms with van der Waals surface area (Å²) < 4.78 is 0. The van der Waals surface area contributed by atoms with E-state index in [9.17, 15) is 20.1 Å². The zero-order valence-electron chi connectivity index (χ0n) is 13.2. The lowest BCUT2D eigenvalue weighted by Gasteiger charge is -2.15. The number of amides is 1. The number of hydrogen-bond donors (Lipinski definition) is 5. The van der Waals surface area contributed by atoms with E-state index in [1.807, 2.05) is 30.3 Å². The molecule has 6 nitrogen and oxygen atoms in total. The molecule has 0 aliphatic rings. The van der Waals surface area contributed by atoms with Crippen molar-refractivity contribution in [1.29, 1.82) is 0 Å². The summed E-state index contributed by atoms with van der Waals surface area (Å²) >= 11 is 0. The number of nitrogens with one attached hydrogen (secondary N) is 1. The topological polar surface area (TPSA) is 116 Å². The molecule has 2 rings (SSSR count). The van der Waals surface area contributed by atoms with Crippen LogP contribution in [0.1, 0.15) is 40.1 Å². The SMILES string of the molecule is NC(=O)c1cc([C@H](O)CNCC[C@H](O)c2ccccc2)ccc1O. The molecule has 6 heteroatoms. The number of aliphatic hydroxyl groups is 2. The predicted molar refractivity (Wildman–Crippen MR) is 90.5 cm³/mol. The van der Waals surface area contributed by atoms with E-state index >= 15 is 0 Å². The van der Waals surface area contributed by atoms with Gasteiger partial charge in [0.25, 0.3) is 5.91 Å². The van der Waals surface area contributed by atoms with Gasteiger partial charge in [0.2, 0.25) is 0 Å². The molecule has 0 fully saturated rings. The second-order valence-electron chi connectivity index (χ2n) is 5.58. The van der Waals surface area contributed by atoms with Crippen LogP contribution in [0.25, 0.3) is 0 Å². The van der Waals surface area contributed by atoms with Crippen molar-refractivity contribution in [3.05, 3.63) is 65.2 Å². The average molecular weight is 330 g/mol. The quantitative estimate of drug-likeness (QED) is 0.467. The van der Waals surface area contributed by atoms with E-state index in [1.165, 1.54) is 18.2 Å². The first-order valence-electron chi connectivity index (χ1n) is 7.73. The summed E-state index contributed by atoms with van der Waals surface area (Å²) in [5.41, 5.74) is 6.48. The third-order valence-corrected chi connectivity index (χ3v) is 3.79. The number of hydrogen-bond acceptors (Lipinski definition) is 5. The largest absolute Gasteiger partial charge is 0.507 e. The molecule has 2 aromatic carbocycles. The third-order valence-electron chi connectivity index (χ3n) is 3.79. The summed E-state index contributed by atoms with van der Waals surface area (Å²) in [6.07, 6.45) is -0.901. The van der Waals surface area contributed by atoms with Gasteiger partial charge in [-0.3, -0.25) is 4.79 Å². The second-order valence-corrected chi connectivity index (χ2v) is 5.58. The summed E-state index contributed by atoms with van der Waals surface area (Å²) in [7, 11) is 0. The van der Waals surface area contributed by atoms with E-state index in [1.54, 1.807) is 0 Å². The van der Waals surface area contributed by atoms with E-state index in [2.05, 4.69) is 5.32 Å². The average Bonchev–Trinajstić information content (AvgIpc) is 2.59. The Hall–Kier alpha value is -2.41. The van der Waals surface area contributed by atoms with Crippen LogP contribution in [-0.4, -0.2) is 34.3 Å². The van der Waals surface area contributed by atoms with Crippen molar-refractivity contribution in [2.75, 3.05) is 13.1 Å². The lowest BCUT2D eigenvalue weighted by Crippen LogP contribution is -2.24. The van der Waals surface area contributed by atoms with E-state index in [4.69, 9.17) is 5.73 Å². The van der Waals surface area contributed by atoms with Gasteiger partial charge in [0.15, 0.2) is 0 Å². The molecule has 0 aromatic heterocycles. The molecule has 2 atom stereocenters. The van der Waals surface area contributed by atoms with Crippen molar-refractivity contribution in [3.63, 3.8) is 0 Å². The molecule has 0 bridgehead atoms. The molecule has 6 N–H and O–H groups in total. The number of nitrogens with two attached hydrogens (primary N) is 1. The maximum absolute atomic E-state index is 11.2. The van der Waals surface area contributed by atoms with Crippen molar-refractivity contribution in [1.82, 2.24) is 5.32 Å². The van der Waals surface area contributed by atoms with Gasteiger partial charge in [-0.2, -0.15) is 0 Å². The summed E-state index contributed by atoms with van der Waals surface area (Å²) in [6.45, 7) is 0.776. The summed E-state index contributed by atoms with van der Waals surface area (Å²) in [6, 6.07) is 13.6. The maximum Gasteiger partial charge on any atom is 0.252 e. The molecular formula is C18H22N2O4. The number of aliphatic hydroxyl groups excluding tert-OH is 2. The first-order chi connectivity index (χ1) is 11.5. The van der Waals surface area contributed by atoms with Gasteiger partial charge in [-0.05, 0) is 36.2 Å². The van der Waals surface area contributed by atoms with Crippen LogP contribution in [0.3, 0.4) is 0 Å². The minimum atomic E-state index is -0.849. The van der Waals surface area contributed by atoms with Gasteiger partial charge in [0, 0.05) is 6.54 Å². The Morgan fingerprint density at radius 2 is 1.75 bits per heavy atom. The van der Waals surface area contributed by atoms with E-state index in [0.717, 1.165) is 5.56 Å². The molecule has 2 aromatic rings. The molecule has 0 aliphatic heterocycles. The van der Waals surface area contributed by atoms with Gasteiger partial charge in [0.05, 0.1) is 17.8 Å². The Morgan fingerprint density at radius 1 is 1.04 bits per heavy atom. The van der Waals surface area contributed by atoms with E-state index < -0.39 is 18.1 Å². The van der Waals surface area contributed by atoms with Crippen molar-refractivity contribution in [2.24, 2.45) is 5.73 Å². The van der Waals surface area contributed by atoms with Crippen LogP contribution in [0.15, 0.2) is 48.5 Å².